The normalized spacial score (nSPS) is 13.8. The summed E-state index contributed by atoms with van der Waals surface area (Å²) in [5, 5.41) is 3.62. The summed E-state index contributed by atoms with van der Waals surface area (Å²) in [7, 11) is 0. The molecule has 3 N–H and O–H groups in total. The van der Waals surface area contributed by atoms with Gasteiger partial charge >= 0.3 is 0 Å². The Bertz CT molecular complexity index is 954. The van der Waals surface area contributed by atoms with Gasteiger partial charge in [0.2, 0.25) is 0 Å². The largest absolute Gasteiger partial charge is 0.383 e. The summed E-state index contributed by atoms with van der Waals surface area (Å²) in [6.07, 6.45) is 8.50. The average molecular weight is 620 g/mol. The SMILES string of the molecule is NCCOCCOCCOCCOCCOCCOCCCc1cncc(NCCCN2CCOCC2)c1-c1ccccn1. The molecular formula is C32H53N5O7. The molecule has 248 valence electrons. The molecule has 0 unspecified atom stereocenters. The number of nitrogens with two attached hydrogens (primary N) is 1. The van der Waals surface area contributed by atoms with E-state index in [-0.39, 0.29) is 0 Å². The van der Waals surface area contributed by atoms with Crippen molar-refractivity contribution < 1.29 is 33.2 Å². The molecule has 0 saturated carbocycles. The highest BCUT2D eigenvalue weighted by molar-refractivity contribution is 5.77. The van der Waals surface area contributed by atoms with Gasteiger partial charge in [-0.25, -0.2) is 0 Å². The Hall–Kier alpha value is -2.26. The lowest BCUT2D eigenvalue weighted by Crippen LogP contribution is -2.37. The Balaban J connectivity index is 1.22. The van der Waals surface area contributed by atoms with Crippen LogP contribution in [0, 0.1) is 0 Å². The molecule has 1 aliphatic rings. The van der Waals surface area contributed by atoms with E-state index < -0.39 is 0 Å². The second kappa shape index (κ2) is 25.0. The fraction of sp³-hybridized carbons (Fsp3) is 0.688. The first-order valence-electron chi connectivity index (χ1n) is 16.0. The van der Waals surface area contributed by atoms with Gasteiger partial charge in [0.05, 0.1) is 103 Å². The van der Waals surface area contributed by atoms with E-state index in [4.69, 9.17) is 38.9 Å². The molecule has 0 aromatic carbocycles. The maximum atomic E-state index is 5.81. The molecule has 1 aliphatic heterocycles. The molecule has 3 rings (SSSR count). The highest BCUT2D eigenvalue weighted by atomic mass is 16.6. The summed E-state index contributed by atoms with van der Waals surface area (Å²) >= 11 is 0. The minimum absolute atomic E-state index is 0.527. The van der Waals surface area contributed by atoms with Crippen LogP contribution in [0.3, 0.4) is 0 Å². The Morgan fingerprint density at radius 1 is 0.750 bits per heavy atom. The third-order valence-electron chi connectivity index (χ3n) is 6.87. The number of morpholine rings is 1. The van der Waals surface area contributed by atoms with Gasteiger partial charge in [-0.05, 0) is 43.5 Å². The van der Waals surface area contributed by atoms with Crippen LogP contribution < -0.4 is 11.1 Å². The van der Waals surface area contributed by atoms with Crippen molar-refractivity contribution >= 4 is 5.69 Å². The Labute approximate surface area is 262 Å². The summed E-state index contributed by atoms with van der Waals surface area (Å²) in [4.78, 5) is 11.6. The number of nitrogens with one attached hydrogen (secondary N) is 1. The van der Waals surface area contributed by atoms with Crippen LogP contribution >= 0.6 is 0 Å². The minimum Gasteiger partial charge on any atom is -0.383 e. The van der Waals surface area contributed by atoms with Gasteiger partial charge < -0.3 is 44.2 Å². The number of nitrogens with zero attached hydrogens (tertiary/aromatic N) is 3. The lowest BCUT2D eigenvalue weighted by Gasteiger charge is -2.26. The zero-order valence-electron chi connectivity index (χ0n) is 26.3. The van der Waals surface area contributed by atoms with Gasteiger partial charge in [0, 0.05) is 50.7 Å². The van der Waals surface area contributed by atoms with Gasteiger partial charge in [-0.1, -0.05) is 6.07 Å². The van der Waals surface area contributed by atoms with Gasteiger partial charge in [-0.2, -0.15) is 0 Å². The second-order valence-electron chi connectivity index (χ2n) is 10.2. The van der Waals surface area contributed by atoms with E-state index in [1.54, 1.807) is 0 Å². The molecule has 1 saturated heterocycles. The number of pyridine rings is 2. The number of ether oxygens (including phenoxy) is 7. The topological polar surface area (TPSA) is 132 Å². The lowest BCUT2D eigenvalue weighted by atomic mass is 10.0. The first-order chi connectivity index (χ1) is 21.9. The minimum atomic E-state index is 0.527. The molecule has 0 amide bonds. The third-order valence-corrected chi connectivity index (χ3v) is 6.87. The first-order valence-corrected chi connectivity index (χ1v) is 16.0. The van der Waals surface area contributed by atoms with Crippen molar-refractivity contribution in [3.05, 3.63) is 42.4 Å². The summed E-state index contributed by atoms with van der Waals surface area (Å²) in [6.45, 7) is 12.8. The van der Waals surface area contributed by atoms with Crippen LogP contribution in [0.5, 0.6) is 0 Å². The monoisotopic (exact) mass is 619 g/mol. The first kappa shape index (κ1) is 36.2. The molecule has 44 heavy (non-hydrogen) atoms. The van der Waals surface area contributed by atoms with E-state index in [1.807, 2.05) is 30.7 Å². The van der Waals surface area contributed by atoms with E-state index in [0.717, 1.165) is 75.6 Å². The molecule has 2 aromatic heterocycles. The van der Waals surface area contributed by atoms with Gasteiger partial charge in [0.15, 0.2) is 0 Å². The molecule has 0 spiro atoms. The van der Waals surface area contributed by atoms with Crippen molar-refractivity contribution in [1.29, 1.82) is 0 Å². The Morgan fingerprint density at radius 3 is 1.95 bits per heavy atom. The van der Waals surface area contributed by atoms with Crippen LogP contribution in [0.2, 0.25) is 0 Å². The zero-order chi connectivity index (χ0) is 30.8. The molecule has 12 heteroatoms. The van der Waals surface area contributed by atoms with Crippen molar-refractivity contribution in [1.82, 2.24) is 14.9 Å². The lowest BCUT2D eigenvalue weighted by molar-refractivity contribution is -0.0164. The molecule has 2 aromatic rings. The van der Waals surface area contributed by atoms with Crippen LogP contribution in [-0.2, 0) is 39.6 Å². The Kier molecular flexibility index (Phi) is 20.6. The van der Waals surface area contributed by atoms with Gasteiger partial charge in [0.1, 0.15) is 0 Å². The van der Waals surface area contributed by atoms with E-state index in [2.05, 4.69) is 26.3 Å². The fourth-order valence-electron chi connectivity index (χ4n) is 4.64. The number of anilines is 1. The highest BCUT2D eigenvalue weighted by Crippen LogP contribution is 2.30. The summed E-state index contributed by atoms with van der Waals surface area (Å²) in [5.74, 6) is 0. The number of hydrogen-bond donors (Lipinski definition) is 2. The van der Waals surface area contributed by atoms with Gasteiger partial charge in [-0.15, -0.1) is 0 Å². The van der Waals surface area contributed by atoms with Crippen molar-refractivity contribution in [2.24, 2.45) is 5.73 Å². The maximum absolute atomic E-state index is 5.81. The molecule has 1 fully saturated rings. The molecule has 0 radical (unpaired) electrons. The quantitative estimate of drug-likeness (QED) is 0.142. The molecule has 0 aliphatic carbocycles. The fourth-order valence-corrected chi connectivity index (χ4v) is 4.64. The number of aryl methyl sites for hydroxylation is 1. The van der Waals surface area contributed by atoms with Crippen molar-refractivity contribution in [3.8, 4) is 11.3 Å². The van der Waals surface area contributed by atoms with Crippen LogP contribution in [0.15, 0.2) is 36.8 Å². The smallest absolute Gasteiger partial charge is 0.0726 e. The van der Waals surface area contributed by atoms with Crippen LogP contribution in [0.25, 0.3) is 11.3 Å². The molecule has 0 bridgehead atoms. The summed E-state index contributed by atoms with van der Waals surface area (Å²) in [6, 6.07) is 6.03. The molecule has 3 heterocycles. The van der Waals surface area contributed by atoms with Gasteiger partial charge in [0.25, 0.3) is 0 Å². The predicted octanol–water partition coefficient (Wildman–Crippen LogP) is 2.27. The van der Waals surface area contributed by atoms with E-state index in [9.17, 15) is 0 Å². The Morgan fingerprint density at radius 2 is 1.36 bits per heavy atom. The van der Waals surface area contributed by atoms with E-state index in [0.29, 0.717) is 85.8 Å². The second-order valence-corrected chi connectivity index (χ2v) is 10.2. The van der Waals surface area contributed by atoms with Crippen LogP contribution in [-0.4, -0.2) is 140 Å². The predicted molar refractivity (Wildman–Crippen MR) is 170 cm³/mol. The van der Waals surface area contributed by atoms with Crippen LogP contribution in [0.1, 0.15) is 18.4 Å². The van der Waals surface area contributed by atoms with Crippen molar-refractivity contribution in [2.45, 2.75) is 19.3 Å². The van der Waals surface area contributed by atoms with Crippen LogP contribution in [0.4, 0.5) is 5.69 Å². The average Bonchev–Trinajstić information content (AvgIpc) is 3.06. The number of rotatable bonds is 27. The number of hydrogen-bond acceptors (Lipinski definition) is 12. The molecule has 12 nitrogen and oxygen atoms in total. The third kappa shape index (κ3) is 16.2. The zero-order valence-corrected chi connectivity index (χ0v) is 26.3. The molecule has 0 atom stereocenters. The van der Waals surface area contributed by atoms with Crippen molar-refractivity contribution in [3.63, 3.8) is 0 Å². The standard InChI is InChI=1S/C32H53N5O7/c33-7-14-39-18-20-42-22-24-44-26-25-43-23-21-41-19-17-38-13-3-5-29-27-34-28-31(32(29)30-6-1-2-8-35-30)36-9-4-10-37-11-15-40-16-12-37/h1-2,6,8,27-28,36H,3-5,7,9-26,33H2. The summed E-state index contributed by atoms with van der Waals surface area (Å²) in [5.41, 5.74) is 9.63. The highest BCUT2D eigenvalue weighted by Gasteiger charge is 2.14. The number of aromatic nitrogens is 2. The van der Waals surface area contributed by atoms with Crippen molar-refractivity contribution in [2.75, 3.05) is 131 Å². The summed E-state index contributed by atoms with van der Waals surface area (Å²) < 4.78 is 38.5. The van der Waals surface area contributed by atoms with Gasteiger partial charge in [-0.3, -0.25) is 14.9 Å². The maximum Gasteiger partial charge on any atom is 0.0726 e. The van der Waals surface area contributed by atoms with E-state index >= 15 is 0 Å². The van der Waals surface area contributed by atoms with E-state index in [1.165, 1.54) is 5.56 Å². The molecular weight excluding hydrogens is 566 g/mol.